The van der Waals surface area contributed by atoms with E-state index in [-0.39, 0.29) is 35.4 Å². The maximum absolute atomic E-state index is 14.0. The quantitative estimate of drug-likeness (QED) is 0.630. The zero-order valence-electron chi connectivity index (χ0n) is 13.2. The first-order valence-electron chi connectivity index (χ1n) is 7.56. The highest BCUT2D eigenvalue weighted by atomic mass is 32.3. The standard InChI is InChI=1S/C15H12F2N4O3S2/c16-10-3-4-12(11(17)8-10)21-15(22)20-6-5-19(9-13(20)18-21)26(23,24)14-2-1-7-25-14/h1-4,7-8H,5-6,9H2. The first-order chi connectivity index (χ1) is 12.4. The second-order valence-corrected chi connectivity index (χ2v) is 8.74. The van der Waals surface area contributed by atoms with Gasteiger partial charge in [0.25, 0.3) is 0 Å². The van der Waals surface area contributed by atoms with Crippen LogP contribution in [-0.4, -0.2) is 29.8 Å². The van der Waals surface area contributed by atoms with Gasteiger partial charge in [-0.25, -0.2) is 13.6 Å². The van der Waals surface area contributed by atoms with Crippen LogP contribution >= 0.6 is 11.3 Å². The van der Waals surface area contributed by atoms with Crippen LogP contribution in [0.2, 0.25) is 0 Å². The summed E-state index contributed by atoms with van der Waals surface area (Å²) in [7, 11) is -3.68. The molecule has 0 saturated heterocycles. The monoisotopic (exact) mass is 398 g/mol. The van der Waals surface area contributed by atoms with Gasteiger partial charge < -0.3 is 4.55 Å². The van der Waals surface area contributed by atoms with E-state index in [1.165, 1.54) is 14.9 Å². The van der Waals surface area contributed by atoms with Crippen LogP contribution in [0.15, 0.2) is 44.7 Å². The number of benzene rings is 1. The minimum absolute atomic E-state index is 0.0988. The summed E-state index contributed by atoms with van der Waals surface area (Å²) in [4.78, 5) is 12.5. The Labute approximate surface area is 151 Å². The number of rotatable bonds is 3. The molecule has 3 heterocycles. The van der Waals surface area contributed by atoms with Gasteiger partial charge in [0.2, 0.25) is 4.21 Å². The Morgan fingerprint density at radius 2 is 2.04 bits per heavy atom. The molecule has 7 nitrogen and oxygen atoms in total. The molecule has 0 fully saturated rings. The lowest BCUT2D eigenvalue weighted by Gasteiger charge is -2.28. The molecule has 1 atom stereocenters. The summed E-state index contributed by atoms with van der Waals surface area (Å²) in [5.41, 5.74) is -0.787. The van der Waals surface area contributed by atoms with E-state index in [1.807, 2.05) is 0 Å². The molecule has 0 spiro atoms. The Morgan fingerprint density at radius 1 is 1.23 bits per heavy atom. The predicted molar refractivity (Wildman–Crippen MR) is 89.6 cm³/mol. The van der Waals surface area contributed by atoms with Crippen molar-refractivity contribution in [3.63, 3.8) is 0 Å². The molecule has 0 aliphatic carbocycles. The number of fused-ring (bicyclic) bond motifs is 1. The van der Waals surface area contributed by atoms with E-state index in [0.29, 0.717) is 6.07 Å². The lowest BCUT2D eigenvalue weighted by Crippen LogP contribution is -2.43. The molecule has 0 amide bonds. The lowest BCUT2D eigenvalue weighted by molar-refractivity contribution is 0.301. The minimum atomic E-state index is -3.68. The second-order valence-electron chi connectivity index (χ2n) is 5.63. The predicted octanol–water partition coefficient (Wildman–Crippen LogP) is 1.79. The van der Waals surface area contributed by atoms with Crippen molar-refractivity contribution in [1.29, 1.82) is 0 Å². The van der Waals surface area contributed by atoms with Gasteiger partial charge in [-0.3, -0.25) is 4.57 Å². The van der Waals surface area contributed by atoms with Gasteiger partial charge in [-0.05, 0) is 23.6 Å². The molecule has 0 N–H and O–H groups in total. The number of aromatic nitrogens is 3. The minimum Gasteiger partial charge on any atom is -0.592 e. The molecule has 0 bridgehead atoms. The maximum atomic E-state index is 14.0. The lowest BCUT2D eigenvalue weighted by atomic mass is 10.3. The van der Waals surface area contributed by atoms with Crippen LogP contribution in [-0.2, 0) is 27.7 Å². The molecule has 0 radical (unpaired) electrons. The number of sulfonamides is 1. The average molecular weight is 398 g/mol. The van der Waals surface area contributed by atoms with Gasteiger partial charge in [-0.1, -0.05) is 15.5 Å². The summed E-state index contributed by atoms with van der Waals surface area (Å²) < 4.78 is 55.9. The third-order valence-electron chi connectivity index (χ3n) is 4.06. The van der Waals surface area contributed by atoms with Crippen molar-refractivity contribution in [2.45, 2.75) is 17.3 Å². The van der Waals surface area contributed by atoms with Crippen molar-refractivity contribution in [2.24, 2.45) is 0 Å². The Hall–Kier alpha value is -2.21. The summed E-state index contributed by atoms with van der Waals surface area (Å²) in [5.74, 6) is -1.49. The molecule has 136 valence electrons. The van der Waals surface area contributed by atoms with Crippen molar-refractivity contribution < 1.29 is 17.5 Å². The van der Waals surface area contributed by atoms with Crippen LogP contribution in [0, 0.1) is 11.6 Å². The molecule has 1 aliphatic rings. The molecule has 26 heavy (non-hydrogen) atoms. The molecule has 1 aliphatic heterocycles. The molecule has 3 aromatic rings. The second kappa shape index (κ2) is 6.20. The fraction of sp³-hybridized carbons (Fsp3) is 0.200. The van der Waals surface area contributed by atoms with Gasteiger partial charge in [-0.2, -0.15) is 4.68 Å². The van der Waals surface area contributed by atoms with E-state index >= 15 is 0 Å². The number of hydrogen-bond acceptors (Lipinski definition) is 5. The van der Waals surface area contributed by atoms with Crippen LogP contribution in [0.4, 0.5) is 8.78 Å². The number of nitrogens with zero attached hydrogens (tertiary/aromatic N) is 4. The van der Waals surface area contributed by atoms with Gasteiger partial charge in [0.15, 0.2) is 22.0 Å². The zero-order valence-corrected chi connectivity index (χ0v) is 14.8. The molecular weight excluding hydrogens is 386 g/mol. The molecular formula is C15H12F2N4O3S2. The van der Waals surface area contributed by atoms with E-state index in [1.54, 1.807) is 11.4 Å². The van der Waals surface area contributed by atoms with Crippen LogP contribution in [0.5, 0.6) is 0 Å². The maximum Gasteiger partial charge on any atom is 0.350 e. The third kappa shape index (κ3) is 2.72. The fourth-order valence-corrected chi connectivity index (χ4v) is 5.31. The summed E-state index contributed by atoms with van der Waals surface area (Å²) in [6.45, 7) is 0.0948. The molecule has 1 aromatic carbocycles. The van der Waals surface area contributed by atoms with Gasteiger partial charge in [-0.15, -0.1) is 9.40 Å². The molecule has 1 unspecified atom stereocenters. The molecule has 4 rings (SSSR count). The van der Waals surface area contributed by atoms with Crippen molar-refractivity contribution in [1.82, 2.24) is 18.7 Å². The molecule has 0 saturated carbocycles. The van der Waals surface area contributed by atoms with E-state index < -0.39 is 27.7 Å². The largest absolute Gasteiger partial charge is 0.592 e. The topological polar surface area (TPSA) is 83.2 Å². The third-order valence-corrected chi connectivity index (χ3v) is 7.28. The first kappa shape index (κ1) is 17.2. The number of hydrogen-bond donors (Lipinski definition) is 0. The summed E-state index contributed by atoms with van der Waals surface area (Å²) >= 11 is 1.10. The van der Waals surface area contributed by atoms with Crippen molar-refractivity contribution in [3.05, 3.63) is 63.7 Å². The highest BCUT2D eigenvalue weighted by Crippen LogP contribution is 2.28. The van der Waals surface area contributed by atoms with Crippen LogP contribution in [0.25, 0.3) is 5.69 Å². The molecule has 11 heteroatoms. The zero-order chi connectivity index (χ0) is 18.5. The van der Waals surface area contributed by atoms with E-state index in [2.05, 4.69) is 5.10 Å². The Bertz CT molecular complexity index is 1080. The Morgan fingerprint density at radius 3 is 2.73 bits per heavy atom. The van der Waals surface area contributed by atoms with Crippen LogP contribution < -0.4 is 5.69 Å². The van der Waals surface area contributed by atoms with Gasteiger partial charge >= 0.3 is 5.69 Å². The summed E-state index contributed by atoms with van der Waals surface area (Å²) in [5, 5.41) is 5.72. The Kier molecular flexibility index (Phi) is 4.10. The van der Waals surface area contributed by atoms with Gasteiger partial charge in [0.1, 0.15) is 18.0 Å². The van der Waals surface area contributed by atoms with Crippen LogP contribution in [0.1, 0.15) is 5.82 Å². The Balaban J connectivity index is 1.71. The normalized spacial score (nSPS) is 17.0. The smallest absolute Gasteiger partial charge is 0.350 e. The van der Waals surface area contributed by atoms with Crippen molar-refractivity contribution in [2.75, 3.05) is 6.54 Å². The number of halogens is 2. The van der Waals surface area contributed by atoms with E-state index in [0.717, 1.165) is 28.2 Å². The van der Waals surface area contributed by atoms with E-state index in [9.17, 15) is 22.3 Å². The SMILES string of the molecule is O=c1n(-c2ccc(F)cc2F)nc2n1CCN([S+](=O)([O-])c1cccs1)C2. The van der Waals surface area contributed by atoms with Crippen molar-refractivity contribution >= 4 is 21.7 Å². The van der Waals surface area contributed by atoms with E-state index in [4.69, 9.17) is 0 Å². The summed E-state index contributed by atoms with van der Waals surface area (Å²) in [6.07, 6.45) is 0. The van der Waals surface area contributed by atoms with Crippen molar-refractivity contribution in [3.8, 4) is 5.69 Å². The highest BCUT2D eigenvalue weighted by molar-refractivity contribution is 7.97. The summed E-state index contributed by atoms with van der Waals surface area (Å²) in [6, 6.07) is 5.95. The first-order valence-corrected chi connectivity index (χ1v) is 9.88. The fourth-order valence-electron chi connectivity index (χ4n) is 2.78. The van der Waals surface area contributed by atoms with Crippen LogP contribution in [0.3, 0.4) is 0 Å². The number of thiophene rings is 1. The van der Waals surface area contributed by atoms with Gasteiger partial charge in [0, 0.05) is 18.7 Å². The molecule has 2 aromatic heterocycles. The highest BCUT2D eigenvalue weighted by Gasteiger charge is 2.36. The van der Waals surface area contributed by atoms with Gasteiger partial charge in [0.05, 0.1) is 6.54 Å². The average Bonchev–Trinajstić information content (AvgIpc) is 3.24.